The predicted octanol–water partition coefficient (Wildman–Crippen LogP) is 1.05. The van der Waals surface area contributed by atoms with Crippen LogP contribution in [0.5, 0.6) is 0 Å². The van der Waals surface area contributed by atoms with Crippen LogP contribution in [0.2, 0.25) is 0 Å². The van der Waals surface area contributed by atoms with Gasteiger partial charge in [0.05, 0.1) is 23.7 Å². The maximum Gasteiger partial charge on any atom is 0.243 e. The summed E-state index contributed by atoms with van der Waals surface area (Å²) in [6.07, 6.45) is 2.33. The Morgan fingerprint density at radius 1 is 1.07 bits per heavy atom. The summed E-state index contributed by atoms with van der Waals surface area (Å²) in [5, 5.41) is 5.27. The number of nitrogens with one attached hydrogen (secondary N) is 2. The molecule has 0 radical (unpaired) electrons. The van der Waals surface area contributed by atoms with Crippen molar-refractivity contribution in [2.75, 3.05) is 19.6 Å². The summed E-state index contributed by atoms with van der Waals surface area (Å²) < 4.78 is 39.6. The Morgan fingerprint density at radius 2 is 1.77 bits per heavy atom. The number of hydrogen-bond donors (Lipinski definition) is 2. The first-order valence-corrected chi connectivity index (χ1v) is 11.0. The largest absolute Gasteiger partial charge is 0.349 e. The Hall–Kier alpha value is -2.85. The first-order chi connectivity index (χ1) is 14.4. The molecule has 0 atom stereocenters. The molecule has 1 fully saturated rings. The minimum Gasteiger partial charge on any atom is -0.349 e. The van der Waals surface area contributed by atoms with E-state index in [4.69, 9.17) is 0 Å². The number of hydrogen-bond acceptors (Lipinski definition) is 5. The third kappa shape index (κ3) is 5.61. The van der Waals surface area contributed by atoms with Crippen molar-refractivity contribution in [1.29, 1.82) is 0 Å². The third-order valence-corrected chi connectivity index (χ3v) is 6.80. The Labute approximate surface area is 174 Å². The van der Waals surface area contributed by atoms with E-state index < -0.39 is 15.8 Å². The van der Waals surface area contributed by atoms with E-state index >= 15 is 0 Å². The molecule has 0 spiro atoms. The molecule has 1 aliphatic heterocycles. The lowest BCUT2D eigenvalue weighted by Crippen LogP contribution is -2.45. The molecule has 10 heteroatoms. The van der Waals surface area contributed by atoms with Crippen LogP contribution in [0, 0.1) is 11.7 Å². The molecule has 1 aromatic carbocycles. The number of sulfonamides is 1. The molecule has 0 aliphatic carbocycles. The molecular weight excluding hydrogens is 411 g/mol. The van der Waals surface area contributed by atoms with Crippen LogP contribution in [-0.2, 0) is 26.2 Å². The van der Waals surface area contributed by atoms with Crippen LogP contribution < -0.4 is 10.6 Å². The average Bonchev–Trinajstić information content (AvgIpc) is 2.77. The molecule has 1 aliphatic rings. The highest BCUT2D eigenvalue weighted by Gasteiger charge is 2.32. The van der Waals surface area contributed by atoms with E-state index in [-0.39, 0.29) is 48.8 Å². The molecule has 2 amide bonds. The maximum atomic E-state index is 13.0. The minimum atomic E-state index is -3.72. The zero-order valence-electron chi connectivity index (χ0n) is 16.3. The highest BCUT2D eigenvalue weighted by atomic mass is 32.2. The fraction of sp³-hybridized carbons (Fsp3) is 0.350. The Kier molecular flexibility index (Phi) is 7.11. The fourth-order valence-corrected chi connectivity index (χ4v) is 4.65. The lowest BCUT2D eigenvalue weighted by Gasteiger charge is -2.30. The second-order valence-electron chi connectivity index (χ2n) is 6.95. The van der Waals surface area contributed by atoms with E-state index in [0.717, 1.165) is 12.1 Å². The van der Waals surface area contributed by atoms with Crippen molar-refractivity contribution in [3.05, 3.63) is 60.2 Å². The van der Waals surface area contributed by atoms with Crippen molar-refractivity contribution in [2.24, 2.45) is 5.92 Å². The first kappa shape index (κ1) is 21.8. The normalized spacial score (nSPS) is 15.5. The zero-order chi connectivity index (χ0) is 21.6. The molecule has 2 heterocycles. The average molecular weight is 434 g/mol. The van der Waals surface area contributed by atoms with Gasteiger partial charge < -0.3 is 10.6 Å². The molecular formula is C20H23FN4O4S. The molecule has 1 saturated heterocycles. The van der Waals surface area contributed by atoms with Crippen molar-refractivity contribution >= 4 is 21.8 Å². The van der Waals surface area contributed by atoms with Crippen molar-refractivity contribution in [1.82, 2.24) is 19.9 Å². The van der Waals surface area contributed by atoms with Crippen molar-refractivity contribution in [3.63, 3.8) is 0 Å². The first-order valence-electron chi connectivity index (χ1n) is 9.56. The molecule has 160 valence electrons. The standard InChI is InChI=1S/C20H23FN4O4S/c21-16-4-6-18(7-5-16)30(28,29)25-11-8-15(9-12-25)20(27)24-14-19(26)23-13-17-3-1-2-10-22-17/h1-7,10,15H,8-9,11-14H2,(H,23,26)(H,24,27). The highest BCUT2D eigenvalue weighted by molar-refractivity contribution is 7.89. The highest BCUT2D eigenvalue weighted by Crippen LogP contribution is 2.24. The van der Waals surface area contributed by atoms with Gasteiger partial charge in [-0.15, -0.1) is 0 Å². The number of carbonyl (C=O) groups is 2. The topological polar surface area (TPSA) is 108 Å². The second-order valence-corrected chi connectivity index (χ2v) is 8.89. The lowest BCUT2D eigenvalue weighted by molar-refractivity contribution is -0.129. The van der Waals surface area contributed by atoms with Crippen LogP contribution in [0.3, 0.4) is 0 Å². The number of pyridine rings is 1. The van der Waals surface area contributed by atoms with Crippen LogP contribution >= 0.6 is 0 Å². The van der Waals surface area contributed by atoms with Crippen LogP contribution in [-0.4, -0.2) is 49.2 Å². The summed E-state index contributed by atoms with van der Waals surface area (Å²) in [5.41, 5.74) is 0.715. The van der Waals surface area contributed by atoms with Gasteiger partial charge in [0.2, 0.25) is 21.8 Å². The van der Waals surface area contributed by atoms with Gasteiger partial charge in [0.15, 0.2) is 0 Å². The minimum absolute atomic E-state index is 0.0244. The molecule has 2 N–H and O–H groups in total. The van der Waals surface area contributed by atoms with Crippen molar-refractivity contribution < 1.29 is 22.4 Å². The Balaban J connectivity index is 1.43. The number of halogens is 1. The number of nitrogens with zero attached hydrogens (tertiary/aromatic N) is 2. The Bertz CT molecular complexity index is 976. The van der Waals surface area contributed by atoms with E-state index in [1.54, 1.807) is 18.3 Å². The van der Waals surface area contributed by atoms with Crippen LogP contribution in [0.15, 0.2) is 53.6 Å². The van der Waals surface area contributed by atoms with E-state index in [1.807, 2.05) is 6.07 Å². The van der Waals surface area contributed by atoms with Gasteiger partial charge in [-0.05, 0) is 49.2 Å². The van der Waals surface area contributed by atoms with Crippen molar-refractivity contribution in [2.45, 2.75) is 24.3 Å². The van der Waals surface area contributed by atoms with Gasteiger partial charge in [0.25, 0.3) is 0 Å². The van der Waals surface area contributed by atoms with E-state index in [0.29, 0.717) is 18.5 Å². The van der Waals surface area contributed by atoms with Gasteiger partial charge in [0, 0.05) is 25.2 Å². The molecule has 0 saturated carbocycles. The SMILES string of the molecule is O=C(CNC(=O)C1CCN(S(=O)(=O)c2ccc(F)cc2)CC1)NCc1ccccn1. The monoisotopic (exact) mass is 434 g/mol. The van der Waals surface area contributed by atoms with Gasteiger partial charge in [0.1, 0.15) is 5.82 Å². The third-order valence-electron chi connectivity index (χ3n) is 4.89. The summed E-state index contributed by atoms with van der Waals surface area (Å²) in [5.74, 6) is -1.48. The molecule has 0 unspecified atom stereocenters. The van der Waals surface area contributed by atoms with Gasteiger partial charge in [-0.25, -0.2) is 12.8 Å². The molecule has 0 bridgehead atoms. The van der Waals surface area contributed by atoms with Gasteiger partial charge in [-0.3, -0.25) is 14.6 Å². The van der Waals surface area contributed by atoms with Gasteiger partial charge >= 0.3 is 0 Å². The molecule has 3 rings (SSSR count). The maximum absolute atomic E-state index is 13.0. The predicted molar refractivity (Wildman–Crippen MR) is 107 cm³/mol. The van der Waals surface area contributed by atoms with Gasteiger partial charge in [-0.2, -0.15) is 4.31 Å². The number of piperidine rings is 1. The van der Waals surface area contributed by atoms with Gasteiger partial charge in [-0.1, -0.05) is 6.07 Å². The number of benzene rings is 1. The lowest BCUT2D eigenvalue weighted by atomic mass is 9.97. The van der Waals surface area contributed by atoms with E-state index in [2.05, 4.69) is 15.6 Å². The second kappa shape index (κ2) is 9.77. The molecule has 30 heavy (non-hydrogen) atoms. The smallest absolute Gasteiger partial charge is 0.243 e. The van der Waals surface area contributed by atoms with Crippen LogP contribution in [0.1, 0.15) is 18.5 Å². The number of amides is 2. The summed E-state index contributed by atoms with van der Waals surface area (Å²) in [4.78, 5) is 28.4. The van der Waals surface area contributed by atoms with Crippen LogP contribution in [0.25, 0.3) is 0 Å². The zero-order valence-corrected chi connectivity index (χ0v) is 17.1. The summed E-state index contributed by atoms with van der Waals surface area (Å²) >= 11 is 0. The number of carbonyl (C=O) groups excluding carboxylic acids is 2. The molecule has 1 aromatic heterocycles. The molecule has 2 aromatic rings. The van der Waals surface area contributed by atoms with Crippen LogP contribution in [0.4, 0.5) is 4.39 Å². The quantitative estimate of drug-likeness (QED) is 0.677. The van der Waals surface area contributed by atoms with E-state index in [1.165, 1.54) is 16.4 Å². The summed E-state index contributed by atoms with van der Waals surface area (Å²) in [7, 11) is -3.72. The number of aromatic nitrogens is 1. The molecule has 8 nitrogen and oxygen atoms in total. The summed E-state index contributed by atoms with van der Waals surface area (Å²) in [6, 6.07) is 10.0. The Morgan fingerprint density at radius 3 is 2.40 bits per heavy atom. The fourth-order valence-electron chi connectivity index (χ4n) is 3.18. The van der Waals surface area contributed by atoms with E-state index in [9.17, 15) is 22.4 Å². The number of rotatable bonds is 7. The van der Waals surface area contributed by atoms with Crippen molar-refractivity contribution in [3.8, 4) is 0 Å². The summed E-state index contributed by atoms with van der Waals surface area (Å²) in [6.45, 7) is 0.488.